The van der Waals surface area contributed by atoms with Crippen molar-refractivity contribution in [1.29, 1.82) is 0 Å². The van der Waals surface area contributed by atoms with Crippen molar-refractivity contribution in [3.8, 4) is 0 Å². The van der Waals surface area contributed by atoms with Crippen LogP contribution in [0.15, 0.2) is 24.3 Å². The molecule has 2 aliphatic carbocycles. The minimum Gasteiger partial charge on any atom is -0.393 e. The van der Waals surface area contributed by atoms with Crippen molar-refractivity contribution in [2.75, 3.05) is 0 Å². The average Bonchev–Trinajstić information content (AvgIpc) is 2.25. The van der Waals surface area contributed by atoms with E-state index in [4.69, 9.17) is 0 Å². The van der Waals surface area contributed by atoms with Crippen molar-refractivity contribution >= 4 is 0 Å². The van der Waals surface area contributed by atoms with Crippen LogP contribution in [0, 0.1) is 0 Å². The first-order chi connectivity index (χ1) is 7.34. The number of aliphatic hydroxyl groups is 1. The Kier molecular flexibility index (Phi) is 3.79. The van der Waals surface area contributed by atoms with Crippen molar-refractivity contribution in [2.45, 2.75) is 51.0 Å². The smallest absolute Gasteiger partial charge is 0.0543 e. The first kappa shape index (κ1) is 10.7. The van der Waals surface area contributed by atoms with E-state index < -0.39 is 0 Å². The van der Waals surface area contributed by atoms with Crippen LogP contribution in [0.5, 0.6) is 0 Å². The lowest BCUT2D eigenvalue weighted by molar-refractivity contribution is 0.151. The highest BCUT2D eigenvalue weighted by Crippen LogP contribution is 2.15. The first-order valence-electron chi connectivity index (χ1n) is 6.10. The minimum absolute atomic E-state index is 0.0934. The highest BCUT2D eigenvalue weighted by atomic mass is 16.3. The molecule has 1 N–H and O–H groups in total. The maximum atomic E-state index is 9.75. The third-order valence-electron chi connectivity index (χ3n) is 3.29. The largest absolute Gasteiger partial charge is 0.393 e. The first-order valence-corrected chi connectivity index (χ1v) is 6.10. The molecule has 1 atom stereocenters. The summed E-state index contributed by atoms with van der Waals surface area (Å²) in [4.78, 5) is 0. The van der Waals surface area contributed by atoms with E-state index in [2.05, 4.69) is 24.3 Å². The Morgan fingerprint density at radius 3 is 2.20 bits per heavy atom. The molecule has 0 saturated heterocycles. The van der Waals surface area contributed by atoms with Crippen molar-refractivity contribution in [1.82, 2.24) is 0 Å². The Morgan fingerprint density at radius 2 is 1.47 bits per heavy atom. The molecular formula is C14H20O. The zero-order valence-corrected chi connectivity index (χ0v) is 9.28. The summed E-state index contributed by atoms with van der Waals surface area (Å²) in [5.41, 5.74) is 2.82. The van der Waals surface area contributed by atoms with Crippen LogP contribution in [0.2, 0.25) is 0 Å². The van der Waals surface area contributed by atoms with Gasteiger partial charge in [-0.2, -0.15) is 0 Å². The molecule has 0 aliphatic heterocycles. The van der Waals surface area contributed by atoms with E-state index in [9.17, 15) is 5.11 Å². The van der Waals surface area contributed by atoms with E-state index in [-0.39, 0.29) is 6.10 Å². The van der Waals surface area contributed by atoms with Crippen LogP contribution in [-0.4, -0.2) is 11.2 Å². The Hall–Kier alpha value is -0.820. The van der Waals surface area contributed by atoms with Gasteiger partial charge >= 0.3 is 0 Å². The lowest BCUT2D eigenvalue weighted by Gasteiger charge is -2.12. The quantitative estimate of drug-likeness (QED) is 0.688. The molecule has 0 fully saturated rings. The maximum absolute atomic E-state index is 9.75. The molecule has 1 heteroatoms. The molecule has 0 heterocycles. The summed E-state index contributed by atoms with van der Waals surface area (Å²) >= 11 is 0. The van der Waals surface area contributed by atoms with Gasteiger partial charge in [-0.3, -0.25) is 0 Å². The maximum Gasteiger partial charge on any atom is 0.0543 e. The fourth-order valence-electron chi connectivity index (χ4n) is 2.24. The molecular weight excluding hydrogens is 184 g/mol. The molecule has 0 saturated carbocycles. The number of hydrogen-bond donors (Lipinski definition) is 1. The third kappa shape index (κ3) is 3.35. The van der Waals surface area contributed by atoms with Gasteiger partial charge in [-0.05, 0) is 43.2 Å². The molecule has 1 aromatic carbocycles. The molecule has 15 heavy (non-hydrogen) atoms. The fraction of sp³-hybridized carbons (Fsp3) is 0.571. The van der Waals surface area contributed by atoms with Gasteiger partial charge in [0.05, 0.1) is 6.10 Å². The van der Waals surface area contributed by atoms with Crippen LogP contribution in [0.25, 0.3) is 0 Å². The van der Waals surface area contributed by atoms with Gasteiger partial charge in [0.1, 0.15) is 0 Å². The number of fused-ring (bicyclic) bond motifs is 9. The topological polar surface area (TPSA) is 20.2 Å². The zero-order chi connectivity index (χ0) is 10.5. The van der Waals surface area contributed by atoms with E-state index in [0.29, 0.717) is 0 Å². The molecule has 82 valence electrons. The normalized spacial score (nSPS) is 23.1. The van der Waals surface area contributed by atoms with Crippen molar-refractivity contribution < 1.29 is 5.11 Å². The van der Waals surface area contributed by atoms with Gasteiger partial charge in [-0.25, -0.2) is 0 Å². The lowest BCUT2D eigenvalue weighted by Crippen LogP contribution is -2.08. The van der Waals surface area contributed by atoms with Gasteiger partial charge in [-0.1, -0.05) is 37.1 Å². The summed E-state index contributed by atoms with van der Waals surface area (Å²) in [7, 11) is 0. The van der Waals surface area contributed by atoms with Crippen LogP contribution in [0.3, 0.4) is 0 Å². The number of aryl methyl sites for hydroxylation is 2. The van der Waals surface area contributed by atoms with Gasteiger partial charge in [0, 0.05) is 0 Å². The van der Waals surface area contributed by atoms with Crippen molar-refractivity contribution in [2.24, 2.45) is 0 Å². The van der Waals surface area contributed by atoms with Gasteiger partial charge < -0.3 is 5.11 Å². The molecule has 0 aromatic heterocycles. The van der Waals surface area contributed by atoms with E-state index in [1.54, 1.807) is 0 Å². The van der Waals surface area contributed by atoms with Gasteiger partial charge in [0.25, 0.3) is 0 Å². The molecule has 1 aromatic rings. The fourth-order valence-corrected chi connectivity index (χ4v) is 2.24. The summed E-state index contributed by atoms with van der Waals surface area (Å²) in [5, 5.41) is 9.75. The van der Waals surface area contributed by atoms with Crippen molar-refractivity contribution in [3.05, 3.63) is 35.4 Å². The van der Waals surface area contributed by atoms with Crippen LogP contribution < -0.4 is 0 Å². The van der Waals surface area contributed by atoms with E-state index in [1.165, 1.54) is 36.8 Å². The summed E-state index contributed by atoms with van der Waals surface area (Å²) in [6.45, 7) is 0. The summed E-state index contributed by atoms with van der Waals surface area (Å²) < 4.78 is 0. The second kappa shape index (κ2) is 5.32. The summed E-state index contributed by atoms with van der Waals surface area (Å²) in [6.07, 6.45) is 7.69. The third-order valence-corrected chi connectivity index (χ3v) is 3.29. The highest BCUT2D eigenvalue weighted by molar-refractivity contribution is 5.22. The number of aliphatic hydroxyl groups excluding tert-OH is 1. The lowest BCUT2D eigenvalue weighted by atomic mass is 9.97. The second-order valence-electron chi connectivity index (χ2n) is 4.61. The molecule has 2 bridgehead atoms. The molecule has 3 rings (SSSR count). The van der Waals surface area contributed by atoms with Crippen LogP contribution >= 0.6 is 0 Å². The standard InChI is InChI=1S/C14H20O/c15-14-5-3-1-2-4-12-6-8-13(9-7-12)10-11-14/h6-9,14-15H,1-5,10-11H2. The van der Waals surface area contributed by atoms with Crippen molar-refractivity contribution in [3.63, 3.8) is 0 Å². The molecule has 2 aliphatic rings. The molecule has 1 nitrogen and oxygen atoms in total. The molecule has 0 radical (unpaired) electrons. The van der Waals surface area contributed by atoms with E-state index >= 15 is 0 Å². The number of benzene rings is 1. The SMILES string of the molecule is OC1CCCCCc2ccc(cc2)CC1. The predicted octanol–water partition coefficient (Wildman–Crippen LogP) is 3.10. The minimum atomic E-state index is -0.0934. The Labute approximate surface area is 92.1 Å². The summed E-state index contributed by atoms with van der Waals surface area (Å²) in [6, 6.07) is 8.90. The molecule has 0 amide bonds. The Balaban J connectivity index is 2.06. The number of rotatable bonds is 0. The van der Waals surface area contributed by atoms with Crippen LogP contribution in [-0.2, 0) is 12.8 Å². The molecule has 0 spiro atoms. The zero-order valence-electron chi connectivity index (χ0n) is 9.28. The Morgan fingerprint density at radius 1 is 0.800 bits per heavy atom. The van der Waals surface area contributed by atoms with Crippen LogP contribution in [0.4, 0.5) is 0 Å². The average molecular weight is 204 g/mol. The Bertz CT molecular complexity index is 289. The summed E-state index contributed by atoms with van der Waals surface area (Å²) in [5.74, 6) is 0. The van der Waals surface area contributed by atoms with Crippen LogP contribution in [0.1, 0.15) is 43.2 Å². The van der Waals surface area contributed by atoms with Gasteiger partial charge in [0.2, 0.25) is 0 Å². The van der Waals surface area contributed by atoms with E-state index in [1.807, 2.05) is 0 Å². The molecule has 1 unspecified atom stereocenters. The van der Waals surface area contributed by atoms with E-state index in [0.717, 1.165) is 19.3 Å². The highest BCUT2D eigenvalue weighted by Gasteiger charge is 2.06. The van der Waals surface area contributed by atoms with Gasteiger partial charge in [-0.15, -0.1) is 0 Å². The van der Waals surface area contributed by atoms with Gasteiger partial charge in [0.15, 0.2) is 0 Å². The second-order valence-corrected chi connectivity index (χ2v) is 4.61. The predicted molar refractivity (Wildman–Crippen MR) is 62.9 cm³/mol. The number of hydrogen-bond acceptors (Lipinski definition) is 1. The monoisotopic (exact) mass is 204 g/mol.